The van der Waals surface area contributed by atoms with E-state index in [1.807, 2.05) is 6.92 Å². The summed E-state index contributed by atoms with van der Waals surface area (Å²) in [7, 11) is 0. The van der Waals surface area contributed by atoms with E-state index in [2.05, 4.69) is 5.32 Å². The number of hydrogen-bond donors (Lipinski definition) is 3. The minimum atomic E-state index is -1.13. The van der Waals surface area contributed by atoms with E-state index in [1.165, 1.54) is 12.1 Å². The molecule has 1 atom stereocenters. The number of carbonyl (C=O) groups is 2. The molecule has 0 fully saturated rings. The summed E-state index contributed by atoms with van der Waals surface area (Å²) in [6.45, 7) is 1.89. The summed E-state index contributed by atoms with van der Waals surface area (Å²) in [5.41, 5.74) is 5.98. The van der Waals surface area contributed by atoms with Gasteiger partial charge in [-0.2, -0.15) is 0 Å². The SMILES string of the molecule is CC(N)CCCC(=O)Nc1ccc(Cl)c(C(=O)O)c1. The van der Waals surface area contributed by atoms with Crippen LogP contribution in [0.5, 0.6) is 0 Å². The number of amides is 1. The van der Waals surface area contributed by atoms with Gasteiger partial charge in [0.1, 0.15) is 0 Å². The highest BCUT2D eigenvalue weighted by Gasteiger charge is 2.10. The number of halogens is 1. The zero-order valence-electron chi connectivity index (χ0n) is 10.6. The summed E-state index contributed by atoms with van der Waals surface area (Å²) >= 11 is 5.74. The Morgan fingerprint density at radius 3 is 2.74 bits per heavy atom. The Hall–Kier alpha value is -1.59. The predicted octanol–water partition coefficient (Wildman–Crippen LogP) is 2.49. The molecule has 1 aromatic rings. The van der Waals surface area contributed by atoms with Gasteiger partial charge in [-0.25, -0.2) is 4.79 Å². The Balaban J connectivity index is 2.60. The first-order valence-electron chi connectivity index (χ1n) is 5.98. The number of carboxylic acids is 1. The van der Waals surface area contributed by atoms with Crippen LogP contribution in [0.15, 0.2) is 18.2 Å². The van der Waals surface area contributed by atoms with Crippen molar-refractivity contribution in [1.82, 2.24) is 0 Å². The van der Waals surface area contributed by atoms with Crippen LogP contribution in [0.25, 0.3) is 0 Å². The van der Waals surface area contributed by atoms with Gasteiger partial charge in [0.25, 0.3) is 0 Å². The molecule has 0 aliphatic carbocycles. The maximum atomic E-state index is 11.6. The zero-order valence-corrected chi connectivity index (χ0v) is 11.4. The van der Waals surface area contributed by atoms with E-state index in [1.54, 1.807) is 6.07 Å². The smallest absolute Gasteiger partial charge is 0.337 e. The molecule has 0 aliphatic heterocycles. The molecule has 1 aromatic carbocycles. The number of benzene rings is 1. The van der Waals surface area contributed by atoms with Gasteiger partial charge in [0, 0.05) is 18.2 Å². The van der Waals surface area contributed by atoms with Crippen molar-refractivity contribution in [3.05, 3.63) is 28.8 Å². The van der Waals surface area contributed by atoms with Crippen molar-refractivity contribution < 1.29 is 14.7 Å². The number of carbonyl (C=O) groups excluding carboxylic acids is 1. The van der Waals surface area contributed by atoms with E-state index >= 15 is 0 Å². The molecule has 4 N–H and O–H groups in total. The van der Waals surface area contributed by atoms with Crippen molar-refractivity contribution in [3.8, 4) is 0 Å². The minimum Gasteiger partial charge on any atom is -0.478 e. The summed E-state index contributed by atoms with van der Waals surface area (Å²) in [6.07, 6.45) is 1.82. The second kappa shape index (κ2) is 7.11. The molecule has 5 nitrogen and oxygen atoms in total. The molecule has 6 heteroatoms. The third-order valence-electron chi connectivity index (χ3n) is 2.54. The highest BCUT2D eigenvalue weighted by Crippen LogP contribution is 2.20. The van der Waals surface area contributed by atoms with Crippen LogP contribution in [0, 0.1) is 0 Å². The van der Waals surface area contributed by atoms with Gasteiger partial charge < -0.3 is 16.2 Å². The molecular formula is C13H17ClN2O3. The van der Waals surface area contributed by atoms with Crippen LogP contribution in [0.2, 0.25) is 5.02 Å². The third-order valence-corrected chi connectivity index (χ3v) is 2.87. The van der Waals surface area contributed by atoms with Crippen LogP contribution in [0.3, 0.4) is 0 Å². The van der Waals surface area contributed by atoms with Crippen LogP contribution < -0.4 is 11.1 Å². The van der Waals surface area contributed by atoms with Crippen LogP contribution >= 0.6 is 11.6 Å². The van der Waals surface area contributed by atoms with E-state index in [4.69, 9.17) is 22.4 Å². The molecule has 0 bridgehead atoms. The lowest BCUT2D eigenvalue weighted by atomic mass is 10.1. The van der Waals surface area contributed by atoms with Gasteiger partial charge in [-0.1, -0.05) is 11.6 Å². The maximum Gasteiger partial charge on any atom is 0.337 e. The Labute approximate surface area is 116 Å². The lowest BCUT2D eigenvalue weighted by Crippen LogP contribution is -2.17. The molecule has 0 spiro atoms. The van der Waals surface area contributed by atoms with Gasteiger partial charge in [0.05, 0.1) is 10.6 Å². The first kappa shape index (κ1) is 15.5. The van der Waals surface area contributed by atoms with Crippen LogP contribution in [0.4, 0.5) is 5.69 Å². The molecule has 19 heavy (non-hydrogen) atoms. The highest BCUT2D eigenvalue weighted by atomic mass is 35.5. The lowest BCUT2D eigenvalue weighted by molar-refractivity contribution is -0.116. The van der Waals surface area contributed by atoms with Crippen molar-refractivity contribution in [2.75, 3.05) is 5.32 Å². The van der Waals surface area contributed by atoms with Gasteiger partial charge in [0.15, 0.2) is 0 Å². The fourth-order valence-corrected chi connectivity index (χ4v) is 1.77. The molecule has 0 aromatic heterocycles. The molecule has 0 saturated carbocycles. The third kappa shape index (κ3) is 5.28. The molecule has 0 radical (unpaired) electrons. The Morgan fingerprint density at radius 1 is 1.47 bits per heavy atom. The van der Waals surface area contributed by atoms with Gasteiger partial charge >= 0.3 is 5.97 Å². The van der Waals surface area contributed by atoms with Crippen molar-refractivity contribution in [2.45, 2.75) is 32.2 Å². The number of nitrogens with two attached hydrogens (primary N) is 1. The molecule has 0 heterocycles. The Morgan fingerprint density at radius 2 is 2.16 bits per heavy atom. The largest absolute Gasteiger partial charge is 0.478 e. The number of carboxylic acid groups (broad SMARTS) is 1. The first-order valence-corrected chi connectivity index (χ1v) is 6.36. The Bertz CT molecular complexity index is 475. The van der Waals surface area contributed by atoms with E-state index in [0.717, 1.165) is 6.42 Å². The number of aromatic carboxylic acids is 1. The summed E-state index contributed by atoms with van der Waals surface area (Å²) in [5, 5.41) is 11.7. The molecular weight excluding hydrogens is 268 g/mol. The van der Waals surface area contributed by atoms with Gasteiger partial charge in [-0.3, -0.25) is 4.79 Å². The number of nitrogens with one attached hydrogen (secondary N) is 1. The van der Waals surface area contributed by atoms with Crippen molar-refractivity contribution in [1.29, 1.82) is 0 Å². The topological polar surface area (TPSA) is 92.4 Å². The van der Waals surface area contributed by atoms with E-state index < -0.39 is 5.97 Å². The average Bonchev–Trinajstić information content (AvgIpc) is 2.30. The molecule has 1 rings (SSSR count). The second-order valence-corrected chi connectivity index (χ2v) is 4.82. The molecule has 0 aliphatic rings. The molecule has 0 saturated heterocycles. The van der Waals surface area contributed by atoms with E-state index in [0.29, 0.717) is 18.5 Å². The van der Waals surface area contributed by atoms with Gasteiger partial charge in [-0.05, 0) is 38.0 Å². The van der Waals surface area contributed by atoms with Crippen molar-refractivity contribution in [2.24, 2.45) is 5.73 Å². The number of anilines is 1. The predicted molar refractivity (Wildman–Crippen MR) is 74.5 cm³/mol. The zero-order chi connectivity index (χ0) is 14.4. The van der Waals surface area contributed by atoms with Crippen LogP contribution in [-0.4, -0.2) is 23.0 Å². The monoisotopic (exact) mass is 284 g/mol. The standard InChI is InChI=1S/C13H17ClN2O3/c1-8(15)3-2-4-12(17)16-9-5-6-11(14)10(7-9)13(18)19/h5-8H,2-4,15H2,1H3,(H,16,17)(H,18,19). The van der Waals surface area contributed by atoms with Crippen molar-refractivity contribution >= 4 is 29.2 Å². The Kier molecular flexibility index (Phi) is 5.79. The van der Waals surface area contributed by atoms with E-state index in [9.17, 15) is 9.59 Å². The summed E-state index contributed by atoms with van der Waals surface area (Å²) in [6, 6.07) is 4.43. The first-order chi connectivity index (χ1) is 8.90. The fraction of sp³-hybridized carbons (Fsp3) is 0.385. The van der Waals surface area contributed by atoms with Crippen LogP contribution in [0.1, 0.15) is 36.5 Å². The number of rotatable bonds is 6. The molecule has 1 unspecified atom stereocenters. The normalized spacial score (nSPS) is 11.9. The molecule has 1 amide bonds. The second-order valence-electron chi connectivity index (χ2n) is 4.42. The average molecular weight is 285 g/mol. The summed E-state index contributed by atoms with van der Waals surface area (Å²) in [5.74, 6) is -1.29. The van der Waals surface area contributed by atoms with E-state index in [-0.39, 0.29) is 22.5 Å². The number of hydrogen-bond acceptors (Lipinski definition) is 3. The molecule has 104 valence electrons. The van der Waals surface area contributed by atoms with Gasteiger partial charge in [-0.15, -0.1) is 0 Å². The maximum absolute atomic E-state index is 11.6. The highest BCUT2D eigenvalue weighted by molar-refractivity contribution is 6.33. The van der Waals surface area contributed by atoms with Crippen molar-refractivity contribution in [3.63, 3.8) is 0 Å². The lowest BCUT2D eigenvalue weighted by Gasteiger charge is -2.08. The van der Waals surface area contributed by atoms with Gasteiger partial charge in [0.2, 0.25) is 5.91 Å². The minimum absolute atomic E-state index is 0.0324. The summed E-state index contributed by atoms with van der Waals surface area (Å²) < 4.78 is 0. The summed E-state index contributed by atoms with van der Waals surface area (Å²) in [4.78, 5) is 22.5. The fourth-order valence-electron chi connectivity index (χ4n) is 1.58. The van der Waals surface area contributed by atoms with Crippen LogP contribution in [-0.2, 0) is 4.79 Å². The quantitative estimate of drug-likeness (QED) is 0.748.